The number of rotatable bonds is 3. The molecule has 0 bridgehead atoms. The number of nitrogen functional groups attached to an aromatic ring is 1. The molecule has 21 heavy (non-hydrogen) atoms. The fraction of sp³-hybridized carbons (Fsp3) is 0.375. The van der Waals surface area contributed by atoms with E-state index in [9.17, 15) is 4.79 Å². The van der Waals surface area contributed by atoms with E-state index < -0.39 is 0 Å². The van der Waals surface area contributed by atoms with E-state index in [1.165, 1.54) is 5.56 Å². The van der Waals surface area contributed by atoms with Gasteiger partial charge in [0.15, 0.2) is 0 Å². The molecule has 1 heterocycles. The van der Waals surface area contributed by atoms with Crippen LogP contribution in [0.15, 0.2) is 30.3 Å². The zero-order valence-corrected chi connectivity index (χ0v) is 13.0. The molecule has 1 aromatic carbocycles. The van der Waals surface area contributed by atoms with Crippen LogP contribution in [0.1, 0.15) is 42.4 Å². The number of anilines is 1. The van der Waals surface area contributed by atoms with Crippen LogP contribution in [0.2, 0.25) is 0 Å². The van der Waals surface area contributed by atoms with Gasteiger partial charge in [-0.25, -0.2) is 0 Å². The van der Waals surface area contributed by atoms with Crippen molar-refractivity contribution < 1.29 is 4.79 Å². The monoisotopic (exact) mass is 286 g/mol. The predicted molar refractivity (Wildman–Crippen MR) is 83.9 cm³/mol. The Kier molecular flexibility index (Phi) is 4.02. The molecular formula is C16H22N4O. The second-order valence-corrected chi connectivity index (χ2v) is 6.31. The summed E-state index contributed by atoms with van der Waals surface area (Å²) in [5.41, 5.74) is 8.42. The molecule has 0 aliphatic heterocycles. The molecule has 0 saturated heterocycles. The summed E-state index contributed by atoms with van der Waals surface area (Å²) in [5.74, 6) is 0.195. The van der Waals surface area contributed by atoms with E-state index in [0.717, 1.165) is 5.56 Å². The second-order valence-electron chi connectivity index (χ2n) is 6.31. The van der Waals surface area contributed by atoms with E-state index >= 15 is 0 Å². The van der Waals surface area contributed by atoms with Crippen molar-refractivity contribution in [3.05, 3.63) is 47.2 Å². The number of aromatic amines is 1. The van der Waals surface area contributed by atoms with Gasteiger partial charge in [0, 0.05) is 19.7 Å². The maximum Gasteiger partial charge on any atom is 0.271 e. The Morgan fingerprint density at radius 3 is 2.38 bits per heavy atom. The molecule has 5 heteroatoms. The van der Waals surface area contributed by atoms with Crippen molar-refractivity contribution >= 4 is 11.7 Å². The summed E-state index contributed by atoms with van der Waals surface area (Å²) in [4.78, 5) is 13.8. The number of carbonyl (C=O) groups is 1. The fourth-order valence-electron chi connectivity index (χ4n) is 2.11. The molecule has 112 valence electrons. The van der Waals surface area contributed by atoms with Gasteiger partial charge in [-0.15, -0.1) is 0 Å². The summed E-state index contributed by atoms with van der Waals surface area (Å²) < 4.78 is 0. The van der Waals surface area contributed by atoms with E-state index in [4.69, 9.17) is 5.73 Å². The smallest absolute Gasteiger partial charge is 0.271 e. The lowest BCUT2D eigenvalue weighted by atomic mass is 9.87. The molecule has 1 aromatic heterocycles. The number of H-pyrrole nitrogens is 1. The first-order valence-electron chi connectivity index (χ1n) is 6.93. The van der Waals surface area contributed by atoms with E-state index in [-0.39, 0.29) is 11.3 Å². The van der Waals surface area contributed by atoms with Crippen LogP contribution in [0.5, 0.6) is 0 Å². The van der Waals surface area contributed by atoms with Gasteiger partial charge in [0.05, 0.1) is 0 Å². The van der Waals surface area contributed by atoms with Gasteiger partial charge in [-0.2, -0.15) is 5.10 Å². The quantitative estimate of drug-likeness (QED) is 0.910. The van der Waals surface area contributed by atoms with Crippen LogP contribution in [-0.2, 0) is 12.0 Å². The first-order chi connectivity index (χ1) is 9.77. The SMILES string of the molecule is CN(Cc1ccc(C(C)(C)C)cc1)C(=O)c1cc(N)n[nH]1. The Bertz CT molecular complexity index is 622. The molecule has 2 rings (SSSR count). The summed E-state index contributed by atoms with van der Waals surface area (Å²) in [6.45, 7) is 7.09. The third kappa shape index (κ3) is 3.62. The molecule has 0 atom stereocenters. The number of nitrogens with two attached hydrogens (primary N) is 1. The number of benzene rings is 1. The second kappa shape index (κ2) is 5.60. The van der Waals surface area contributed by atoms with Crippen molar-refractivity contribution in [1.29, 1.82) is 0 Å². The van der Waals surface area contributed by atoms with Gasteiger partial charge in [-0.05, 0) is 16.5 Å². The molecule has 0 aliphatic carbocycles. The van der Waals surface area contributed by atoms with Crippen molar-refractivity contribution in [2.45, 2.75) is 32.7 Å². The minimum atomic E-state index is -0.126. The molecule has 0 unspecified atom stereocenters. The molecule has 0 aliphatic rings. The van der Waals surface area contributed by atoms with Crippen LogP contribution in [0.4, 0.5) is 5.82 Å². The minimum absolute atomic E-state index is 0.126. The van der Waals surface area contributed by atoms with Crippen molar-refractivity contribution in [1.82, 2.24) is 15.1 Å². The van der Waals surface area contributed by atoms with Crippen LogP contribution in [-0.4, -0.2) is 28.1 Å². The van der Waals surface area contributed by atoms with E-state index in [0.29, 0.717) is 18.1 Å². The summed E-state index contributed by atoms with van der Waals surface area (Å²) in [7, 11) is 1.76. The standard InChI is InChI=1S/C16H22N4O/c1-16(2,3)12-7-5-11(6-8-12)10-20(4)15(21)13-9-14(17)19-18-13/h5-9H,10H2,1-4H3,(H3,17,18,19). The summed E-state index contributed by atoms with van der Waals surface area (Å²) in [6.07, 6.45) is 0. The molecule has 0 spiro atoms. The average molecular weight is 286 g/mol. The summed E-state index contributed by atoms with van der Waals surface area (Å²) in [5, 5.41) is 6.41. The maximum atomic E-state index is 12.2. The lowest BCUT2D eigenvalue weighted by molar-refractivity contribution is 0.0779. The molecule has 5 nitrogen and oxygen atoms in total. The van der Waals surface area contributed by atoms with Gasteiger partial charge in [0.25, 0.3) is 5.91 Å². The Morgan fingerprint density at radius 1 is 1.29 bits per heavy atom. The molecule has 2 aromatic rings. The van der Waals surface area contributed by atoms with Gasteiger partial charge < -0.3 is 10.6 Å². The van der Waals surface area contributed by atoms with Crippen molar-refractivity contribution in [2.24, 2.45) is 0 Å². The first-order valence-corrected chi connectivity index (χ1v) is 6.93. The highest BCUT2D eigenvalue weighted by Crippen LogP contribution is 2.22. The van der Waals surface area contributed by atoms with Gasteiger partial charge in [-0.1, -0.05) is 45.0 Å². The Balaban J connectivity index is 2.06. The van der Waals surface area contributed by atoms with Gasteiger partial charge in [-0.3, -0.25) is 9.89 Å². The molecule has 0 radical (unpaired) electrons. The third-order valence-electron chi connectivity index (χ3n) is 3.41. The van der Waals surface area contributed by atoms with Crippen LogP contribution in [0.25, 0.3) is 0 Å². The number of aromatic nitrogens is 2. The van der Waals surface area contributed by atoms with Gasteiger partial charge >= 0.3 is 0 Å². The topological polar surface area (TPSA) is 75.0 Å². The van der Waals surface area contributed by atoms with Gasteiger partial charge in [0.1, 0.15) is 11.5 Å². The molecule has 0 saturated carbocycles. The van der Waals surface area contributed by atoms with Crippen molar-refractivity contribution in [2.75, 3.05) is 12.8 Å². The number of hydrogen-bond donors (Lipinski definition) is 2. The van der Waals surface area contributed by atoms with Gasteiger partial charge in [0.2, 0.25) is 0 Å². The van der Waals surface area contributed by atoms with E-state index in [1.807, 2.05) is 0 Å². The number of nitrogens with zero attached hydrogens (tertiary/aromatic N) is 2. The van der Waals surface area contributed by atoms with E-state index in [2.05, 4.69) is 55.2 Å². The maximum absolute atomic E-state index is 12.2. The summed E-state index contributed by atoms with van der Waals surface area (Å²) >= 11 is 0. The van der Waals surface area contributed by atoms with E-state index in [1.54, 1.807) is 18.0 Å². The number of amides is 1. The number of hydrogen-bond acceptors (Lipinski definition) is 3. The first kappa shape index (κ1) is 15.1. The molecule has 1 amide bonds. The Labute approximate surface area is 125 Å². The zero-order chi connectivity index (χ0) is 15.6. The van der Waals surface area contributed by atoms with Crippen LogP contribution >= 0.6 is 0 Å². The van der Waals surface area contributed by atoms with Crippen molar-refractivity contribution in [3.8, 4) is 0 Å². The molecule has 0 fully saturated rings. The van der Waals surface area contributed by atoms with Crippen LogP contribution in [0.3, 0.4) is 0 Å². The average Bonchev–Trinajstić information content (AvgIpc) is 2.84. The number of nitrogens with one attached hydrogen (secondary N) is 1. The number of carbonyl (C=O) groups excluding carboxylic acids is 1. The predicted octanol–water partition coefficient (Wildman–Crippen LogP) is 2.56. The minimum Gasteiger partial charge on any atom is -0.382 e. The fourth-order valence-corrected chi connectivity index (χ4v) is 2.11. The zero-order valence-electron chi connectivity index (χ0n) is 13.0. The molecular weight excluding hydrogens is 264 g/mol. The largest absolute Gasteiger partial charge is 0.382 e. The highest BCUT2D eigenvalue weighted by Gasteiger charge is 2.16. The summed E-state index contributed by atoms with van der Waals surface area (Å²) in [6, 6.07) is 9.89. The lowest BCUT2D eigenvalue weighted by Gasteiger charge is -2.20. The highest BCUT2D eigenvalue weighted by molar-refractivity contribution is 5.92. The Hall–Kier alpha value is -2.30. The van der Waals surface area contributed by atoms with Crippen LogP contribution in [0, 0.1) is 0 Å². The van der Waals surface area contributed by atoms with Crippen molar-refractivity contribution in [3.63, 3.8) is 0 Å². The highest BCUT2D eigenvalue weighted by atomic mass is 16.2. The Morgan fingerprint density at radius 2 is 1.90 bits per heavy atom. The van der Waals surface area contributed by atoms with Crippen LogP contribution < -0.4 is 5.73 Å². The lowest BCUT2D eigenvalue weighted by Crippen LogP contribution is -2.26. The molecule has 3 N–H and O–H groups in total. The third-order valence-corrected chi connectivity index (χ3v) is 3.41. The normalized spacial score (nSPS) is 11.4.